The van der Waals surface area contributed by atoms with E-state index in [2.05, 4.69) is 20.6 Å². The van der Waals surface area contributed by atoms with Crippen LogP contribution in [0.2, 0.25) is 0 Å². The third-order valence-electron chi connectivity index (χ3n) is 2.45. The van der Waals surface area contributed by atoms with Gasteiger partial charge in [0.05, 0.1) is 13.2 Å². The second kappa shape index (κ2) is 7.43. The summed E-state index contributed by atoms with van der Waals surface area (Å²) < 4.78 is 5.58. The fourth-order valence-corrected chi connectivity index (χ4v) is 2.24. The number of nitrogens with zero attached hydrogens (tertiary/aromatic N) is 2. The zero-order valence-corrected chi connectivity index (χ0v) is 12.4. The summed E-state index contributed by atoms with van der Waals surface area (Å²) in [6.45, 7) is 0.310. The second-order valence-corrected chi connectivity index (χ2v) is 4.99. The summed E-state index contributed by atoms with van der Waals surface area (Å²) in [6.07, 6.45) is 0. The van der Waals surface area contributed by atoms with Crippen molar-refractivity contribution in [2.24, 2.45) is 16.5 Å². The van der Waals surface area contributed by atoms with E-state index >= 15 is 0 Å². The van der Waals surface area contributed by atoms with Gasteiger partial charge in [-0.15, -0.1) is 11.3 Å². The van der Waals surface area contributed by atoms with Gasteiger partial charge in [-0.1, -0.05) is 0 Å². The van der Waals surface area contributed by atoms with Gasteiger partial charge in [0.25, 0.3) is 0 Å². The Hall–Kier alpha value is -2.59. The van der Waals surface area contributed by atoms with Crippen molar-refractivity contribution in [3.8, 4) is 11.5 Å². The molecule has 0 atom stereocenters. The molecule has 2 aromatic heterocycles. The van der Waals surface area contributed by atoms with Crippen LogP contribution in [0.4, 0.5) is 9.93 Å². The Bertz CT molecular complexity index is 661. The number of carbonyl (C=O) groups excluding carboxylic acids is 1. The first-order valence-corrected chi connectivity index (χ1v) is 7.23. The van der Waals surface area contributed by atoms with Crippen molar-refractivity contribution in [3.05, 3.63) is 23.3 Å². The van der Waals surface area contributed by atoms with Gasteiger partial charge in [0.2, 0.25) is 5.13 Å². The highest BCUT2D eigenvalue weighted by molar-refractivity contribution is 7.13. The average Bonchev–Trinajstić information content (AvgIpc) is 3.11. The molecule has 0 radical (unpaired) electrons. The van der Waals surface area contributed by atoms with Crippen LogP contribution in [-0.2, 0) is 6.54 Å². The number of rotatable bonds is 6. The fourth-order valence-electron chi connectivity index (χ4n) is 1.55. The average molecular weight is 324 g/mol. The standard InChI is InChI=1S/C12H16N6O3S/c13-10(14)18-12-17-8(6-22-12)9-2-1-7(21-9)5-16-11(20)15-3-4-19/h1-2,6,19H,3-5H2,(H2,15,16,20)(H4,13,14,17,18). The molecule has 0 aromatic carbocycles. The van der Waals surface area contributed by atoms with Crippen LogP contribution in [-0.4, -0.2) is 35.2 Å². The maximum Gasteiger partial charge on any atom is 0.315 e. The Morgan fingerprint density at radius 1 is 1.41 bits per heavy atom. The van der Waals surface area contributed by atoms with Crippen LogP contribution < -0.4 is 22.1 Å². The molecule has 9 nitrogen and oxygen atoms in total. The number of nitrogens with one attached hydrogen (secondary N) is 2. The van der Waals surface area contributed by atoms with Crippen molar-refractivity contribution in [2.45, 2.75) is 6.54 Å². The Balaban J connectivity index is 1.95. The van der Waals surface area contributed by atoms with Gasteiger partial charge < -0.3 is 31.6 Å². The van der Waals surface area contributed by atoms with Crippen LogP contribution in [0.3, 0.4) is 0 Å². The van der Waals surface area contributed by atoms with Gasteiger partial charge in [-0.25, -0.2) is 9.78 Å². The topological polar surface area (TPSA) is 152 Å². The van der Waals surface area contributed by atoms with E-state index in [4.69, 9.17) is 21.0 Å². The molecule has 0 bridgehead atoms. The second-order valence-electron chi connectivity index (χ2n) is 4.15. The zero-order valence-electron chi connectivity index (χ0n) is 11.6. The first-order chi connectivity index (χ1) is 10.6. The van der Waals surface area contributed by atoms with E-state index in [1.54, 1.807) is 17.5 Å². The number of urea groups is 1. The molecule has 0 aliphatic rings. The van der Waals surface area contributed by atoms with E-state index in [-0.39, 0.29) is 31.7 Å². The van der Waals surface area contributed by atoms with Crippen LogP contribution in [0.15, 0.2) is 26.9 Å². The lowest BCUT2D eigenvalue weighted by atomic mass is 10.3. The molecule has 0 saturated heterocycles. The molecular formula is C12H16N6O3S. The molecule has 0 fully saturated rings. The van der Waals surface area contributed by atoms with Crippen molar-refractivity contribution in [1.29, 1.82) is 0 Å². The third kappa shape index (κ3) is 4.46. The third-order valence-corrected chi connectivity index (χ3v) is 3.19. The summed E-state index contributed by atoms with van der Waals surface area (Å²) in [5, 5.41) is 15.9. The molecule has 0 aliphatic heterocycles. The largest absolute Gasteiger partial charge is 0.458 e. The minimum atomic E-state index is -0.379. The first kappa shape index (κ1) is 15.8. The summed E-state index contributed by atoms with van der Waals surface area (Å²) in [4.78, 5) is 19.4. The molecule has 0 saturated carbocycles. The predicted octanol–water partition coefficient (Wildman–Crippen LogP) is 0.0995. The van der Waals surface area contributed by atoms with Gasteiger partial charge in [0.15, 0.2) is 11.7 Å². The summed E-state index contributed by atoms with van der Waals surface area (Å²) in [5.74, 6) is 1.07. The van der Waals surface area contributed by atoms with Crippen molar-refractivity contribution in [2.75, 3.05) is 13.2 Å². The summed E-state index contributed by atoms with van der Waals surface area (Å²) >= 11 is 1.29. The highest BCUT2D eigenvalue weighted by atomic mass is 32.1. The van der Waals surface area contributed by atoms with E-state index in [1.807, 2.05) is 0 Å². The van der Waals surface area contributed by atoms with E-state index < -0.39 is 0 Å². The van der Waals surface area contributed by atoms with Crippen molar-refractivity contribution >= 4 is 28.5 Å². The lowest BCUT2D eigenvalue weighted by molar-refractivity contribution is 0.233. The fraction of sp³-hybridized carbons (Fsp3) is 0.250. The number of nitrogens with two attached hydrogens (primary N) is 2. The molecule has 2 rings (SSSR count). The number of guanidine groups is 1. The number of aliphatic hydroxyl groups is 1. The van der Waals surface area contributed by atoms with Crippen LogP contribution in [0.5, 0.6) is 0 Å². The number of furan rings is 1. The summed E-state index contributed by atoms with van der Waals surface area (Å²) in [7, 11) is 0. The SMILES string of the molecule is NC(N)=Nc1nc(-c2ccc(CNC(=O)NCCO)o2)cs1. The molecule has 2 heterocycles. The minimum Gasteiger partial charge on any atom is -0.458 e. The molecule has 0 spiro atoms. The summed E-state index contributed by atoms with van der Waals surface area (Å²) in [6, 6.07) is 3.11. The first-order valence-electron chi connectivity index (χ1n) is 6.35. The highest BCUT2D eigenvalue weighted by Gasteiger charge is 2.10. The van der Waals surface area contributed by atoms with Gasteiger partial charge in [0.1, 0.15) is 11.5 Å². The molecule has 0 aliphatic carbocycles. The highest BCUT2D eigenvalue weighted by Crippen LogP contribution is 2.27. The van der Waals surface area contributed by atoms with Gasteiger partial charge in [-0.3, -0.25) is 0 Å². The van der Waals surface area contributed by atoms with Gasteiger partial charge >= 0.3 is 6.03 Å². The minimum absolute atomic E-state index is 0.0564. The van der Waals surface area contributed by atoms with Crippen LogP contribution in [0.25, 0.3) is 11.5 Å². The lowest BCUT2D eigenvalue weighted by Gasteiger charge is -2.04. The molecule has 118 valence electrons. The summed E-state index contributed by atoms with van der Waals surface area (Å²) in [5.41, 5.74) is 11.2. The number of carbonyl (C=O) groups is 1. The Kier molecular flexibility index (Phi) is 5.33. The van der Waals surface area contributed by atoms with Crippen LogP contribution in [0.1, 0.15) is 5.76 Å². The molecule has 0 unspecified atom stereocenters. The molecule has 22 heavy (non-hydrogen) atoms. The van der Waals surface area contributed by atoms with Crippen LogP contribution in [0, 0.1) is 0 Å². The van der Waals surface area contributed by atoms with Gasteiger partial charge in [-0.05, 0) is 12.1 Å². The monoisotopic (exact) mass is 324 g/mol. The van der Waals surface area contributed by atoms with E-state index in [1.165, 1.54) is 11.3 Å². The molecule has 2 amide bonds. The number of hydrogen-bond acceptors (Lipinski definition) is 6. The molecule has 7 N–H and O–H groups in total. The van der Waals surface area contributed by atoms with Crippen LogP contribution >= 0.6 is 11.3 Å². The quantitative estimate of drug-likeness (QED) is 0.375. The maximum absolute atomic E-state index is 11.3. The molecule has 10 heteroatoms. The Labute approximate surface area is 130 Å². The van der Waals surface area contributed by atoms with Gasteiger partial charge in [0, 0.05) is 11.9 Å². The van der Waals surface area contributed by atoms with Crippen molar-refractivity contribution < 1.29 is 14.3 Å². The zero-order chi connectivity index (χ0) is 15.9. The van der Waals surface area contributed by atoms with Gasteiger partial charge in [-0.2, -0.15) is 4.99 Å². The normalized spacial score (nSPS) is 10.2. The number of hydrogen-bond donors (Lipinski definition) is 5. The van der Waals surface area contributed by atoms with E-state index in [0.717, 1.165) is 0 Å². The number of aliphatic hydroxyl groups excluding tert-OH is 1. The number of amides is 2. The molecule has 2 aromatic rings. The number of aromatic nitrogens is 1. The van der Waals surface area contributed by atoms with Crippen molar-refractivity contribution in [3.63, 3.8) is 0 Å². The number of thiazole rings is 1. The Morgan fingerprint density at radius 3 is 2.95 bits per heavy atom. The smallest absolute Gasteiger partial charge is 0.315 e. The van der Waals surface area contributed by atoms with Crippen molar-refractivity contribution in [1.82, 2.24) is 15.6 Å². The maximum atomic E-state index is 11.3. The Morgan fingerprint density at radius 2 is 2.23 bits per heavy atom. The lowest BCUT2D eigenvalue weighted by Crippen LogP contribution is -2.36. The predicted molar refractivity (Wildman–Crippen MR) is 82.6 cm³/mol. The molecular weight excluding hydrogens is 308 g/mol. The van der Waals surface area contributed by atoms with E-state index in [0.29, 0.717) is 22.3 Å². The number of aliphatic imine (C=N–C) groups is 1. The van der Waals surface area contributed by atoms with E-state index in [9.17, 15) is 4.79 Å².